The summed E-state index contributed by atoms with van der Waals surface area (Å²) in [6.07, 6.45) is 0.639. The Morgan fingerprint density at radius 3 is 2.50 bits per heavy atom. The molecule has 4 N–H and O–H groups in total. The van der Waals surface area contributed by atoms with Crippen LogP contribution in [0, 0.1) is 0 Å². The number of piperidine rings is 1. The molecular formula is C11H14N2O3. The van der Waals surface area contributed by atoms with Gasteiger partial charge in [-0.25, -0.2) is 0 Å². The van der Waals surface area contributed by atoms with Crippen LogP contribution in [-0.2, 0) is 4.79 Å². The molecule has 0 radical (unpaired) electrons. The Morgan fingerprint density at radius 2 is 1.88 bits per heavy atom. The zero-order valence-electron chi connectivity index (χ0n) is 8.76. The fourth-order valence-electron chi connectivity index (χ4n) is 1.81. The lowest BCUT2D eigenvalue weighted by Gasteiger charge is -2.34. The number of nitrogen functional groups attached to an aromatic ring is 1. The lowest BCUT2D eigenvalue weighted by molar-refractivity contribution is -0.188. The van der Waals surface area contributed by atoms with Crippen LogP contribution in [0.2, 0.25) is 0 Å². The Kier molecular flexibility index (Phi) is 2.57. The van der Waals surface area contributed by atoms with Crippen molar-refractivity contribution in [2.24, 2.45) is 0 Å². The van der Waals surface area contributed by atoms with E-state index >= 15 is 0 Å². The van der Waals surface area contributed by atoms with Crippen LogP contribution in [0.25, 0.3) is 0 Å². The predicted octanol–water partition coefficient (Wildman–Crippen LogP) is 0.0765. The molecular weight excluding hydrogens is 208 g/mol. The van der Waals surface area contributed by atoms with Crippen LogP contribution in [-0.4, -0.2) is 28.5 Å². The molecule has 16 heavy (non-hydrogen) atoms. The number of nitrogens with two attached hydrogens (primary N) is 1. The molecule has 0 bridgehead atoms. The van der Waals surface area contributed by atoms with Crippen LogP contribution in [0.1, 0.15) is 12.8 Å². The van der Waals surface area contributed by atoms with Crippen molar-refractivity contribution in [2.75, 3.05) is 17.2 Å². The summed E-state index contributed by atoms with van der Waals surface area (Å²) in [6.45, 7) is 0.492. The summed E-state index contributed by atoms with van der Waals surface area (Å²) >= 11 is 0. The second-order valence-electron chi connectivity index (χ2n) is 3.97. The Bertz CT molecular complexity index is 400. The van der Waals surface area contributed by atoms with Gasteiger partial charge in [-0.2, -0.15) is 0 Å². The lowest BCUT2D eigenvalue weighted by Crippen LogP contribution is -2.53. The average molecular weight is 222 g/mol. The molecule has 1 aromatic carbocycles. The van der Waals surface area contributed by atoms with E-state index in [1.165, 1.54) is 4.90 Å². The number of amides is 1. The number of carbonyl (C=O) groups is 1. The average Bonchev–Trinajstić information content (AvgIpc) is 2.24. The Morgan fingerprint density at radius 1 is 1.25 bits per heavy atom. The van der Waals surface area contributed by atoms with Crippen LogP contribution in [0.15, 0.2) is 24.3 Å². The lowest BCUT2D eigenvalue weighted by atomic mass is 10.0. The largest absolute Gasteiger partial charge is 0.399 e. The van der Waals surface area contributed by atoms with Crippen molar-refractivity contribution in [1.82, 2.24) is 0 Å². The van der Waals surface area contributed by atoms with E-state index in [4.69, 9.17) is 5.73 Å². The molecule has 1 heterocycles. The highest BCUT2D eigenvalue weighted by atomic mass is 16.5. The summed E-state index contributed by atoms with van der Waals surface area (Å²) in [5.41, 5.74) is 6.78. The van der Waals surface area contributed by atoms with Gasteiger partial charge in [-0.05, 0) is 30.7 Å². The van der Waals surface area contributed by atoms with E-state index in [2.05, 4.69) is 0 Å². The van der Waals surface area contributed by atoms with Gasteiger partial charge in [0.1, 0.15) is 0 Å². The van der Waals surface area contributed by atoms with E-state index in [1.807, 2.05) is 0 Å². The molecule has 1 amide bonds. The van der Waals surface area contributed by atoms with E-state index in [0.29, 0.717) is 24.3 Å². The van der Waals surface area contributed by atoms with E-state index in [9.17, 15) is 15.0 Å². The molecule has 5 nitrogen and oxygen atoms in total. The quantitative estimate of drug-likeness (QED) is 0.464. The monoisotopic (exact) mass is 222 g/mol. The predicted molar refractivity (Wildman–Crippen MR) is 59.6 cm³/mol. The summed E-state index contributed by atoms with van der Waals surface area (Å²) in [6, 6.07) is 6.73. The summed E-state index contributed by atoms with van der Waals surface area (Å²) in [5.74, 6) is -2.91. The molecule has 86 valence electrons. The van der Waals surface area contributed by atoms with Gasteiger partial charge in [0, 0.05) is 24.3 Å². The molecule has 1 aliphatic heterocycles. The van der Waals surface area contributed by atoms with Gasteiger partial charge in [0.25, 0.3) is 5.91 Å². The SMILES string of the molecule is Nc1ccc(N2CCCC(O)(O)C2=O)cc1. The van der Waals surface area contributed by atoms with Crippen molar-refractivity contribution < 1.29 is 15.0 Å². The number of aliphatic hydroxyl groups is 2. The maximum absolute atomic E-state index is 11.7. The molecule has 0 unspecified atom stereocenters. The van der Waals surface area contributed by atoms with Crippen LogP contribution >= 0.6 is 0 Å². The Hall–Kier alpha value is -1.59. The normalized spacial score (nSPS) is 19.9. The summed E-state index contributed by atoms with van der Waals surface area (Å²) < 4.78 is 0. The standard InChI is InChI=1S/C11H14N2O3/c12-8-2-4-9(5-3-8)13-7-1-6-11(15,16)10(13)14/h2-5,15-16H,1,6-7,12H2. The van der Waals surface area contributed by atoms with Crippen LogP contribution < -0.4 is 10.6 Å². The van der Waals surface area contributed by atoms with Gasteiger partial charge in [-0.1, -0.05) is 0 Å². The fourth-order valence-corrected chi connectivity index (χ4v) is 1.81. The van der Waals surface area contributed by atoms with Gasteiger partial charge in [-0.3, -0.25) is 4.79 Å². The molecule has 5 heteroatoms. The topological polar surface area (TPSA) is 86.8 Å². The van der Waals surface area contributed by atoms with Crippen LogP contribution in [0.3, 0.4) is 0 Å². The van der Waals surface area contributed by atoms with Crippen molar-refractivity contribution in [2.45, 2.75) is 18.6 Å². The minimum absolute atomic E-state index is 0.0807. The van der Waals surface area contributed by atoms with Crippen molar-refractivity contribution >= 4 is 17.3 Å². The maximum atomic E-state index is 11.7. The zero-order valence-corrected chi connectivity index (χ0v) is 8.76. The van der Waals surface area contributed by atoms with Crippen molar-refractivity contribution in [3.05, 3.63) is 24.3 Å². The first kappa shape index (κ1) is 10.9. The molecule has 0 spiro atoms. The van der Waals surface area contributed by atoms with Crippen LogP contribution in [0.4, 0.5) is 11.4 Å². The number of nitrogens with zero attached hydrogens (tertiary/aromatic N) is 1. The molecule has 1 fully saturated rings. The molecule has 0 aliphatic carbocycles. The van der Waals surface area contributed by atoms with Crippen molar-refractivity contribution in [1.29, 1.82) is 0 Å². The number of hydrogen-bond acceptors (Lipinski definition) is 4. The smallest absolute Gasteiger partial charge is 0.286 e. The summed E-state index contributed by atoms with van der Waals surface area (Å²) in [5, 5.41) is 18.9. The van der Waals surface area contributed by atoms with E-state index in [1.54, 1.807) is 24.3 Å². The minimum Gasteiger partial charge on any atom is -0.399 e. The zero-order chi connectivity index (χ0) is 11.8. The first-order chi connectivity index (χ1) is 7.50. The van der Waals surface area contributed by atoms with E-state index in [-0.39, 0.29) is 6.42 Å². The highest BCUT2D eigenvalue weighted by Crippen LogP contribution is 2.26. The third-order valence-corrected chi connectivity index (χ3v) is 2.70. The van der Waals surface area contributed by atoms with Gasteiger partial charge in [0.15, 0.2) is 0 Å². The number of carbonyl (C=O) groups excluding carboxylic acids is 1. The molecule has 0 saturated carbocycles. The highest BCUT2D eigenvalue weighted by Gasteiger charge is 2.40. The maximum Gasteiger partial charge on any atom is 0.286 e. The molecule has 1 saturated heterocycles. The van der Waals surface area contributed by atoms with Gasteiger partial charge in [0.05, 0.1) is 0 Å². The molecule has 1 aliphatic rings. The number of rotatable bonds is 1. The molecule has 1 aromatic rings. The van der Waals surface area contributed by atoms with Gasteiger partial charge < -0.3 is 20.8 Å². The van der Waals surface area contributed by atoms with Gasteiger partial charge >= 0.3 is 0 Å². The number of benzene rings is 1. The summed E-state index contributed by atoms with van der Waals surface area (Å²) in [4.78, 5) is 13.1. The van der Waals surface area contributed by atoms with E-state index < -0.39 is 11.7 Å². The van der Waals surface area contributed by atoms with Gasteiger partial charge in [0.2, 0.25) is 5.79 Å². The first-order valence-electron chi connectivity index (χ1n) is 5.13. The summed E-state index contributed by atoms with van der Waals surface area (Å²) in [7, 11) is 0. The highest BCUT2D eigenvalue weighted by molar-refractivity contribution is 5.98. The fraction of sp³-hybridized carbons (Fsp3) is 0.364. The molecule has 2 rings (SSSR count). The molecule has 0 aromatic heterocycles. The Balaban J connectivity index is 2.27. The minimum atomic E-state index is -2.24. The third-order valence-electron chi connectivity index (χ3n) is 2.70. The van der Waals surface area contributed by atoms with Crippen LogP contribution in [0.5, 0.6) is 0 Å². The number of anilines is 2. The third kappa shape index (κ3) is 1.87. The number of hydrogen-bond donors (Lipinski definition) is 3. The first-order valence-corrected chi connectivity index (χ1v) is 5.13. The molecule has 0 atom stereocenters. The van der Waals surface area contributed by atoms with Crippen molar-refractivity contribution in [3.63, 3.8) is 0 Å². The van der Waals surface area contributed by atoms with E-state index in [0.717, 1.165) is 0 Å². The second kappa shape index (κ2) is 3.77. The Labute approximate surface area is 93.1 Å². The second-order valence-corrected chi connectivity index (χ2v) is 3.97. The van der Waals surface area contributed by atoms with Crippen molar-refractivity contribution in [3.8, 4) is 0 Å². The van der Waals surface area contributed by atoms with Gasteiger partial charge in [-0.15, -0.1) is 0 Å².